The van der Waals surface area contributed by atoms with Gasteiger partial charge in [-0.15, -0.1) is 0 Å². The highest BCUT2D eigenvalue weighted by Gasteiger charge is 2.23. The summed E-state index contributed by atoms with van der Waals surface area (Å²) in [5.41, 5.74) is 6.54. The molecule has 0 saturated heterocycles. The number of para-hydroxylation sites is 1. The molecule has 0 atom stereocenters. The molecule has 1 aromatic heterocycles. The van der Waals surface area contributed by atoms with Crippen LogP contribution in [0.1, 0.15) is 16.7 Å². The molecule has 0 spiro atoms. The third-order valence-corrected chi connectivity index (χ3v) is 5.06. The third-order valence-electron chi connectivity index (χ3n) is 5.06. The molecular formula is C22H19NO. The summed E-state index contributed by atoms with van der Waals surface area (Å²) in [7, 11) is 0. The molecule has 0 radical (unpaired) electrons. The van der Waals surface area contributed by atoms with Gasteiger partial charge < -0.3 is 9.30 Å². The Morgan fingerprint density at radius 1 is 1.00 bits per heavy atom. The van der Waals surface area contributed by atoms with Crippen LogP contribution in [0.4, 0.5) is 0 Å². The first-order chi connectivity index (χ1) is 11.8. The fourth-order valence-corrected chi connectivity index (χ4v) is 4.03. The van der Waals surface area contributed by atoms with Crippen LogP contribution in [0.3, 0.4) is 0 Å². The number of hydrogen-bond donors (Lipinski definition) is 0. The lowest BCUT2D eigenvalue weighted by Gasteiger charge is -2.11. The van der Waals surface area contributed by atoms with E-state index < -0.39 is 0 Å². The molecule has 1 aliphatic rings. The normalized spacial score (nSPS) is 13.4. The minimum Gasteiger partial charge on any atom is -0.491 e. The van der Waals surface area contributed by atoms with Crippen molar-refractivity contribution >= 4 is 21.8 Å². The summed E-state index contributed by atoms with van der Waals surface area (Å²) in [6.07, 6.45) is 1.01. The van der Waals surface area contributed by atoms with Crippen LogP contribution in [0.2, 0.25) is 0 Å². The Kier molecular flexibility index (Phi) is 2.93. The van der Waals surface area contributed by atoms with Crippen molar-refractivity contribution in [3.8, 4) is 5.75 Å². The number of nitrogens with zero attached hydrogens (tertiary/aromatic N) is 1. The van der Waals surface area contributed by atoms with E-state index in [1.54, 1.807) is 0 Å². The Hall–Kier alpha value is -2.74. The highest BCUT2D eigenvalue weighted by atomic mass is 16.5. The summed E-state index contributed by atoms with van der Waals surface area (Å²) in [6, 6.07) is 21.7. The molecule has 0 aliphatic carbocycles. The number of fused-ring (bicyclic) bond motifs is 5. The van der Waals surface area contributed by atoms with Gasteiger partial charge in [-0.25, -0.2) is 0 Å². The maximum absolute atomic E-state index is 6.05. The first-order valence-electron chi connectivity index (χ1n) is 8.53. The second kappa shape index (κ2) is 5.13. The molecule has 2 heterocycles. The van der Waals surface area contributed by atoms with Gasteiger partial charge in [-0.2, -0.15) is 0 Å². The lowest BCUT2D eigenvalue weighted by atomic mass is 10.0. The molecule has 1 aliphatic heterocycles. The smallest absolute Gasteiger partial charge is 0.146 e. The topological polar surface area (TPSA) is 14.2 Å². The predicted octanol–water partition coefficient (Wildman–Crippen LogP) is 5.09. The molecule has 0 saturated carbocycles. The minimum absolute atomic E-state index is 0.792. The van der Waals surface area contributed by atoms with Crippen LogP contribution < -0.4 is 4.74 Å². The second-order valence-electron chi connectivity index (χ2n) is 6.59. The summed E-state index contributed by atoms with van der Waals surface area (Å²) in [4.78, 5) is 0. The number of aromatic nitrogens is 1. The minimum atomic E-state index is 0.792. The SMILES string of the molecule is Cc1cc2c(c3c1c1ccccc1n3Cc1ccccc1)OCC2. The van der Waals surface area contributed by atoms with Crippen molar-refractivity contribution in [2.75, 3.05) is 6.61 Å². The summed E-state index contributed by atoms with van der Waals surface area (Å²) in [6.45, 7) is 3.88. The average molecular weight is 313 g/mol. The first kappa shape index (κ1) is 13.7. The molecule has 0 unspecified atom stereocenters. The van der Waals surface area contributed by atoms with Gasteiger partial charge in [-0.1, -0.05) is 54.6 Å². The zero-order chi connectivity index (χ0) is 16.1. The summed E-state index contributed by atoms with van der Waals surface area (Å²) < 4.78 is 8.48. The fraction of sp³-hybridized carbons (Fsp3) is 0.182. The molecule has 24 heavy (non-hydrogen) atoms. The van der Waals surface area contributed by atoms with Gasteiger partial charge in [0.2, 0.25) is 0 Å². The average Bonchev–Trinajstić information content (AvgIpc) is 3.19. The van der Waals surface area contributed by atoms with E-state index in [-0.39, 0.29) is 0 Å². The van der Waals surface area contributed by atoms with Crippen molar-refractivity contribution in [2.24, 2.45) is 0 Å². The van der Waals surface area contributed by atoms with Gasteiger partial charge in [-0.05, 0) is 29.7 Å². The second-order valence-corrected chi connectivity index (χ2v) is 6.59. The molecule has 4 aromatic rings. The zero-order valence-electron chi connectivity index (χ0n) is 13.8. The number of hydrogen-bond acceptors (Lipinski definition) is 1. The van der Waals surface area contributed by atoms with E-state index in [0.717, 1.165) is 25.3 Å². The Morgan fingerprint density at radius 3 is 2.67 bits per heavy atom. The lowest BCUT2D eigenvalue weighted by molar-refractivity contribution is 0.359. The van der Waals surface area contributed by atoms with Gasteiger partial charge >= 0.3 is 0 Å². The Labute approximate surface area is 141 Å². The van der Waals surface area contributed by atoms with E-state index in [1.165, 1.54) is 38.5 Å². The molecule has 2 nitrogen and oxygen atoms in total. The van der Waals surface area contributed by atoms with E-state index in [4.69, 9.17) is 4.74 Å². The number of benzene rings is 3. The van der Waals surface area contributed by atoms with Gasteiger partial charge in [0.15, 0.2) is 0 Å². The van der Waals surface area contributed by atoms with E-state index in [0.29, 0.717) is 0 Å². The first-order valence-corrected chi connectivity index (χ1v) is 8.53. The molecule has 118 valence electrons. The van der Waals surface area contributed by atoms with Gasteiger partial charge in [0.25, 0.3) is 0 Å². The molecule has 0 fully saturated rings. The predicted molar refractivity (Wildman–Crippen MR) is 98.9 cm³/mol. The van der Waals surface area contributed by atoms with Gasteiger partial charge in [0.05, 0.1) is 12.1 Å². The molecule has 3 aromatic carbocycles. The van der Waals surface area contributed by atoms with Crippen molar-refractivity contribution in [3.63, 3.8) is 0 Å². The van der Waals surface area contributed by atoms with Crippen LogP contribution in [-0.4, -0.2) is 11.2 Å². The van der Waals surface area contributed by atoms with Gasteiger partial charge in [0.1, 0.15) is 5.75 Å². The van der Waals surface area contributed by atoms with E-state index in [2.05, 4.69) is 72.2 Å². The van der Waals surface area contributed by atoms with Crippen LogP contribution in [0.5, 0.6) is 5.75 Å². The molecule has 0 amide bonds. The monoisotopic (exact) mass is 313 g/mol. The van der Waals surface area contributed by atoms with Crippen molar-refractivity contribution in [2.45, 2.75) is 19.9 Å². The highest BCUT2D eigenvalue weighted by molar-refractivity contribution is 6.12. The number of ether oxygens (including phenoxy) is 1. The maximum atomic E-state index is 6.05. The van der Waals surface area contributed by atoms with Crippen molar-refractivity contribution in [1.29, 1.82) is 0 Å². The zero-order valence-corrected chi connectivity index (χ0v) is 13.8. The van der Waals surface area contributed by atoms with Crippen molar-refractivity contribution < 1.29 is 4.74 Å². The Morgan fingerprint density at radius 2 is 1.79 bits per heavy atom. The van der Waals surface area contributed by atoms with Crippen molar-refractivity contribution in [1.82, 2.24) is 4.57 Å². The van der Waals surface area contributed by atoms with E-state index >= 15 is 0 Å². The van der Waals surface area contributed by atoms with Crippen LogP contribution in [-0.2, 0) is 13.0 Å². The van der Waals surface area contributed by atoms with Crippen LogP contribution in [0.25, 0.3) is 21.8 Å². The molecule has 2 heteroatoms. The van der Waals surface area contributed by atoms with E-state index in [1.807, 2.05) is 0 Å². The summed E-state index contributed by atoms with van der Waals surface area (Å²) in [5.74, 6) is 1.09. The fourth-order valence-electron chi connectivity index (χ4n) is 4.03. The van der Waals surface area contributed by atoms with Gasteiger partial charge in [0, 0.05) is 29.3 Å². The Bertz CT molecular complexity index is 1060. The molecule has 0 bridgehead atoms. The number of aryl methyl sites for hydroxylation is 1. The molecule has 5 rings (SSSR count). The standard InChI is InChI=1S/C22H19NO/c1-15-13-17-11-12-24-22(17)21-20(15)18-9-5-6-10-19(18)23(21)14-16-7-3-2-4-8-16/h2-10,13H,11-12,14H2,1H3. The molecular weight excluding hydrogens is 294 g/mol. The van der Waals surface area contributed by atoms with Crippen LogP contribution in [0, 0.1) is 6.92 Å². The maximum Gasteiger partial charge on any atom is 0.146 e. The highest BCUT2D eigenvalue weighted by Crippen LogP contribution is 2.41. The summed E-state index contributed by atoms with van der Waals surface area (Å²) in [5, 5.41) is 2.65. The lowest BCUT2D eigenvalue weighted by Crippen LogP contribution is -2.00. The van der Waals surface area contributed by atoms with Crippen molar-refractivity contribution in [3.05, 3.63) is 77.4 Å². The number of rotatable bonds is 2. The summed E-state index contributed by atoms with van der Waals surface area (Å²) >= 11 is 0. The quantitative estimate of drug-likeness (QED) is 0.503. The van der Waals surface area contributed by atoms with Crippen LogP contribution in [0.15, 0.2) is 60.7 Å². The van der Waals surface area contributed by atoms with Crippen LogP contribution >= 0.6 is 0 Å². The Balaban J connectivity index is 1.89. The van der Waals surface area contributed by atoms with E-state index in [9.17, 15) is 0 Å². The largest absolute Gasteiger partial charge is 0.491 e. The molecule has 0 N–H and O–H groups in total. The van der Waals surface area contributed by atoms with Gasteiger partial charge in [-0.3, -0.25) is 0 Å². The third kappa shape index (κ3) is 1.89.